The number of nitrogens with one attached hydrogen (secondary N) is 1. The van der Waals surface area contributed by atoms with Gasteiger partial charge in [-0.3, -0.25) is 0 Å². The number of sulfone groups is 1. The lowest BCUT2D eigenvalue weighted by Crippen LogP contribution is -2.51. The van der Waals surface area contributed by atoms with Crippen LogP contribution in [0.25, 0.3) is 0 Å². The first-order valence-corrected chi connectivity index (χ1v) is 8.56. The number of rotatable bonds is 6. The Labute approximate surface area is 106 Å². The Kier molecular flexibility index (Phi) is 5.89. The maximum atomic E-state index is 11.1. The van der Waals surface area contributed by atoms with E-state index in [0.717, 1.165) is 32.6 Å². The fraction of sp³-hybridized carbons (Fsp3) is 1.00. The van der Waals surface area contributed by atoms with E-state index in [-0.39, 0.29) is 0 Å². The van der Waals surface area contributed by atoms with Gasteiger partial charge in [-0.05, 0) is 25.3 Å². The van der Waals surface area contributed by atoms with Gasteiger partial charge in [0, 0.05) is 31.9 Å². The standard InChI is InChI=1S/C12H26N2O2S/c1-11(2)9-12-10-14(7-5-13-12)6-4-8-17(3,15)16/h11-13H,4-10H2,1-3H3. The van der Waals surface area contributed by atoms with Gasteiger partial charge in [0.15, 0.2) is 0 Å². The van der Waals surface area contributed by atoms with E-state index in [1.807, 2.05) is 0 Å². The van der Waals surface area contributed by atoms with Gasteiger partial charge in [0.1, 0.15) is 9.84 Å². The molecule has 1 fully saturated rings. The zero-order valence-electron chi connectivity index (χ0n) is 11.3. The molecule has 102 valence electrons. The summed E-state index contributed by atoms with van der Waals surface area (Å²) in [5, 5.41) is 3.53. The van der Waals surface area contributed by atoms with Crippen LogP contribution in [0.3, 0.4) is 0 Å². The Morgan fingerprint density at radius 1 is 1.41 bits per heavy atom. The average Bonchev–Trinajstić information content (AvgIpc) is 2.15. The van der Waals surface area contributed by atoms with Crippen LogP contribution < -0.4 is 5.32 Å². The minimum atomic E-state index is -2.80. The van der Waals surface area contributed by atoms with Crippen LogP contribution in [0.5, 0.6) is 0 Å². The molecule has 4 nitrogen and oxygen atoms in total. The second-order valence-corrected chi connectivity index (χ2v) is 7.82. The van der Waals surface area contributed by atoms with Gasteiger partial charge in [0.05, 0.1) is 5.75 Å². The average molecular weight is 262 g/mol. The topological polar surface area (TPSA) is 49.4 Å². The summed E-state index contributed by atoms with van der Waals surface area (Å²) in [6.07, 6.45) is 3.27. The highest BCUT2D eigenvalue weighted by atomic mass is 32.2. The van der Waals surface area contributed by atoms with Gasteiger partial charge in [0.2, 0.25) is 0 Å². The van der Waals surface area contributed by atoms with Gasteiger partial charge in [-0.25, -0.2) is 8.42 Å². The van der Waals surface area contributed by atoms with Crippen LogP contribution in [0.4, 0.5) is 0 Å². The summed E-state index contributed by atoms with van der Waals surface area (Å²) in [6, 6.07) is 0.571. The summed E-state index contributed by atoms with van der Waals surface area (Å²) in [5.74, 6) is 1.02. The molecular formula is C12H26N2O2S. The van der Waals surface area contributed by atoms with Crippen molar-refractivity contribution in [2.75, 3.05) is 38.2 Å². The lowest BCUT2D eigenvalue weighted by molar-refractivity contribution is 0.187. The van der Waals surface area contributed by atoms with Crippen molar-refractivity contribution in [1.29, 1.82) is 0 Å². The highest BCUT2D eigenvalue weighted by Crippen LogP contribution is 2.09. The SMILES string of the molecule is CC(C)CC1CN(CCCS(C)(=O)=O)CCN1. The van der Waals surface area contributed by atoms with Gasteiger partial charge in [-0.2, -0.15) is 0 Å². The molecule has 0 saturated carbocycles. The zero-order valence-corrected chi connectivity index (χ0v) is 12.1. The molecule has 0 amide bonds. The Hall–Kier alpha value is -0.130. The zero-order chi connectivity index (χ0) is 12.9. The van der Waals surface area contributed by atoms with E-state index in [2.05, 4.69) is 24.1 Å². The molecule has 1 aliphatic heterocycles. The van der Waals surface area contributed by atoms with Crippen molar-refractivity contribution in [2.24, 2.45) is 5.92 Å². The molecule has 0 radical (unpaired) electrons. The highest BCUT2D eigenvalue weighted by Gasteiger charge is 2.19. The van der Waals surface area contributed by atoms with Gasteiger partial charge in [-0.15, -0.1) is 0 Å². The van der Waals surface area contributed by atoms with Crippen LogP contribution in [0.2, 0.25) is 0 Å². The molecule has 5 heteroatoms. The predicted octanol–water partition coefficient (Wildman–Crippen LogP) is 0.741. The molecule has 1 atom stereocenters. The number of nitrogens with zero attached hydrogens (tertiary/aromatic N) is 1. The molecule has 0 aliphatic carbocycles. The normalized spacial score (nSPS) is 23.2. The molecule has 1 aliphatic rings. The molecule has 1 unspecified atom stereocenters. The van der Waals surface area contributed by atoms with Crippen LogP contribution in [0.1, 0.15) is 26.7 Å². The minimum Gasteiger partial charge on any atom is -0.311 e. The van der Waals surface area contributed by atoms with E-state index in [1.165, 1.54) is 12.7 Å². The van der Waals surface area contributed by atoms with Gasteiger partial charge in [0.25, 0.3) is 0 Å². The molecule has 1 saturated heterocycles. The monoisotopic (exact) mass is 262 g/mol. The van der Waals surface area contributed by atoms with E-state index in [9.17, 15) is 8.42 Å². The molecule has 1 heterocycles. The van der Waals surface area contributed by atoms with Crippen molar-refractivity contribution in [1.82, 2.24) is 10.2 Å². The number of hydrogen-bond donors (Lipinski definition) is 1. The predicted molar refractivity (Wildman–Crippen MR) is 72.0 cm³/mol. The van der Waals surface area contributed by atoms with E-state index >= 15 is 0 Å². The first-order valence-electron chi connectivity index (χ1n) is 6.50. The fourth-order valence-corrected chi connectivity index (χ4v) is 3.03. The maximum absolute atomic E-state index is 11.1. The van der Waals surface area contributed by atoms with Crippen LogP contribution >= 0.6 is 0 Å². The van der Waals surface area contributed by atoms with Crippen molar-refractivity contribution >= 4 is 9.84 Å². The van der Waals surface area contributed by atoms with E-state index in [4.69, 9.17) is 0 Å². The quantitative estimate of drug-likeness (QED) is 0.767. The van der Waals surface area contributed by atoms with E-state index < -0.39 is 9.84 Å². The smallest absolute Gasteiger partial charge is 0.147 e. The minimum absolute atomic E-state index is 0.311. The first-order chi connectivity index (χ1) is 7.87. The molecule has 1 N–H and O–H groups in total. The fourth-order valence-electron chi connectivity index (χ4n) is 2.37. The van der Waals surface area contributed by atoms with Crippen molar-refractivity contribution in [2.45, 2.75) is 32.7 Å². The molecular weight excluding hydrogens is 236 g/mol. The van der Waals surface area contributed by atoms with Gasteiger partial charge >= 0.3 is 0 Å². The lowest BCUT2D eigenvalue weighted by atomic mass is 10.0. The Morgan fingerprint density at radius 2 is 2.12 bits per heavy atom. The van der Waals surface area contributed by atoms with Gasteiger partial charge < -0.3 is 10.2 Å². The van der Waals surface area contributed by atoms with Crippen LogP contribution in [0.15, 0.2) is 0 Å². The van der Waals surface area contributed by atoms with E-state index in [0.29, 0.717) is 17.7 Å². The summed E-state index contributed by atoms with van der Waals surface area (Å²) >= 11 is 0. The Bertz CT molecular complexity index is 314. The van der Waals surface area contributed by atoms with Crippen molar-refractivity contribution in [3.05, 3.63) is 0 Å². The summed E-state index contributed by atoms with van der Waals surface area (Å²) in [6.45, 7) is 8.51. The number of piperazine rings is 1. The molecule has 0 aromatic heterocycles. The van der Waals surface area contributed by atoms with E-state index in [1.54, 1.807) is 0 Å². The molecule has 0 aromatic rings. The molecule has 17 heavy (non-hydrogen) atoms. The van der Waals surface area contributed by atoms with Crippen molar-refractivity contribution < 1.29 is 8.42 Å². The molecule has 0 spiro atoms. The summed E-state index contributed by atoms with van der Waals surface area (Å²) < 4.78 is 22.1. The molecule has 0 aromatic carbocycles. The Morgan fingerprint density at radius 3 is 2.71 bits per heavy atom. The van der Waals surface area contributed by atoms with Crippen LogP contribution in [0, 0.1) is 5.92 Å². The maximum Gasteiger partial charge on any atom is 0.147 e. The summed E-state index contributed by atoms with van der Waals surface area (Å²) in [4.78, 5) is 2.38. The summed E-state index contributed by atoms with van der Waals surface area (Å²) in [5.41, 5.74) is 0. The molecule has 0 bridgehead atoms. The van der Waals surface area contributed by atoms with Gasteiger partial charge in [-0.1, -0.05) is 13.8 Å². The third-order valence-electron chi connectivity index (χ3n) is 3.09. The number of hydrogen-bond acceptors (Lipinski definition) is 4. The lowest BCUT2D eigenvalue weighted by Gasteiger charge is -2.34. The third-order valence-corrected chi connectivity index (χ3v) is 4.12. The summed E-state index contributed by atoms with van der Waals surface area (Å²) in [7, 11) is -2.80. The van der Waals surface area contributed by atoms with Crippen LogP contribution in [-0.4, -0.2) is 57.5 Å². The largest absolute Gasteiger partial charge is 0.311 e. The van der Waals surface area contributed by atoms with Crippen LogP contribution in [-0.2, 0) is 9.84 Å². The third kappa shape index (κ3) is 7.01. The molecule has 1 rings (SSSR count). The second-order valence-electron chi connectivity index (χ2n) is 5.56. The van der Waals surface area contributed by atoms with Crippen molar-refractivity contribution in [3.8, 4) is 0 Å². The second kappa shape index (κ2) is 6.71. The first kappa shape index (κ1) is 14.9. The Balaban J connectivity index is 2.25. The highest BCUT2D eigenvalue weighted by molar-refractivity contribution is 7.90. The van der Waals surface area contributed by atoms with Crippen molar-refractivity contribution in [3.63, 3.8) is 0 Å².